The monoisotopic (exact) mass is 338 g/mol. The molecule has 3 nitrogen and oxygen atoms in total. The zero-order valence-corrected chi connectivity index (χ0v) is 15.2. The third-order valence-electron chi connectivity index (χ3n) is 4.12. The summed E-state index contributed by atoms with van der Waals surface area (Å²) in [7, 11) is 1.83. The Balaban J connectivity index is 2.01. The van der Waals surface area contributed by atoms with Crippen LogP contribution in [0.25, 0.3) is 0 Å². The van der Waals surface area contributed by atoms with Crippen LogP contribution in [0.1, 0.15) is 38.8 Å². The number of hydrogen-bond donors (Lipinski definition) is 1. The molecule has 3 atom stereocenters. The molecule has 1 amide bonds. The Morgan fingerprint density at radius 2 is 1.91 bits per heavy atom. The van der Waals surface area contributed by atoms with Crippen molar-refractivity contribution < 1.29 is 9.18 Å². The van der Waals surface area contributed by atoms with Crippen molar-refractivity contribution in [3.05, 3.63) is 35.6 Å². The van der Waals surface area contributed by atoms with Gasteiger partial charge in [0.2, 0.25) is 5.91 Å². The number of thioether (sulfide) groups is 1. The first-order chi connectivity index (χ1) is 10.9. The van der Waals surface area contributed by atoms with E-state index in [9.17, 15) is 9.18 Å². The molecule has 1 aromatic rings. The van der Waals surface area contributed by atoms with Crippen LogP contribution in [0.15, 0.2) is 24.3 Å². The highest BCUT2D eigenvalue weighted by Crippen LogP contribution is 2.32. The average Bonchev–Trinajstić information content (AvgIpc) is 2.74. The van der Waals surface area contributed by atoms with Gasteiger partial charge >= 0.3 is 0 Å². The highest BCUT2D eigenvalue weighted by atomic mass is 32.2. The Labute approximate surface area is 143 Å². The molecule has 0 unspecified atom stereocenters. The van der Waals surface area contributed by atoms with E-state index in [1.54, 1.807) is 17.0 Å². The van der Waals surface area contributed by atoms with Crippen LogP contribution in [0.3, 0.4) is 0 Å². The number of rotatable bonds is 7. The van der Waals surface area contributed by atoms with Gasteiger partial charge in [-0.1, -0.05) is 26.0 Å². The topological polar surface area (TPSA) is 32.3 Å². The van der Waals surface area contributed by atoms with Crippen molar-refractivity contribution in [3.8, 4) is 0 Å². The molecule has 1 fully saturated rings. The van der Waals surface area contributed by atoms with Gasteiger partial charge in [-0.05, 0) is 36.3 Å². The maximum atomic E-state index is 13.2. The quantitative estimate of drug-likeness (QED) is 0.826. The Morgan fingerprint density at radius 1 is 1.26 bits per heavy atom. The maximum absolute atomic E-state index is 13.2. The van der Waals surface area contributed by atoms with E-state index in [-0.39, 0.29) is 23.8 Å². The van der Waals surface area contributed by atoms with Gasteiger partial charge in [-0.15, -0.1) is 0 Å². The van der Waals surface area contributed by atoms with Crippen LogP contribution >= 0.6 is 11.8 Å². The predicted molar refractivity (Wildman–Crippen MR) is 95.1 cm³/mol. The lowest BCUT2D eigenvalue weighted by Gasteiger charge is -2.28. The standard InChI is InChI=1S/C18H27FN2OS/c1-12(2)10-23-11-13(3)20-16-9-17(22)21(4)18(16)14-5-7-15(19)8-6-14/h5-8,12-13,16,18,20H,9-11H2,1-4H3/t13-,16-,18-/m0/s1. The number of halogens is 1. The van der Waals surface area contributed by atoms with Gasteiger partial charge in [0, 0.05) is 31.3 Å². The predicted octanol–water partition coefficient (Wildman–Crippen LogP) is 3.46. The van der Waals surface area contributed by atoms with Gasteiger partial charge in [-0.3, -0.25) is 4.79 Å². The third kappa shape index (κ3) is 4.95. The van der Waals surface area contributed by atoms with Crippen LogP contribution in [-0.2, 0) is 4.79 Å². The zero-order valence-electron chi connectivity index (χ0n) is 14.4. The van der Waals surface area contributed by atoms with E-state index in [2.05, 4.69) is 26.1 Å². The van der Waals surface area contributed by atoms with Crippen molar-refractivity contribution in [2.24, 2.45) is 5.92 Å². The van der Waals surface area contributed by atoms with Crippen molar-refractivity contribution in [1.29, 1.82) is 0 Å². The highest BCUT2D eigenvalue weighted by molar-refractivity contribution is 7.99. The minimum Gasteiger partial charge on any atom is -0.337 e. The molecule has 128 valence electrons. The van der Waals surface area contributed by atoms with E-state index in [4.69, 9.17) is 0 Å². The van der Waals surface area contributed by atoms with E-state index in [0.717, 1.165) is 17.1 Å². The first-order valence-corrected chi connectivity index (χ1v) is 9.39. The molecule has 1 aromatic carbocycles. The minimum atomic E-state index is -0.247. The van der Waals surface area contributed by atoms with Crippen molar-refractivity contribution in [2.75, 3.05) is 18.6 Å². The second kappa shape index (κ2) is 8.15. The first kappa shape index (κ1) is 18.3. The molecule has 1 heterocycles. The Hall–Kier alpha value is -1.07. The number of benzene rings is 1. The minimum absolute atomic E-state index is 0.0272. The molecule has 0 bridgehead atoms. The highest BCUT2D eigenvalue weighted by Gasteiger charge is 2.38. The SMILES string of the molecule is CC(C)CSC[C@H](C)N[C@H]1CC(=O)N(C)[C@H]1c1ccc(F)cc1. The number of nitrogens with zero attached hydrogens (tertiary/aromatic N) is 1. The van der Waals surface area contributed by atoms with Crippen molar-refractivity contribution in [1.82, 2.24) is 10.2 Å². The molecule has 1 aliphatic heterocycles. The molecular formula is C18H27FN2OS. The molecule has 1 N–H and O–H groups in total. The van der Waals surface area contributed by atoms with E-state index in [1.165, 1.54) is 12.1 Å². The van der Waals surface area contributed by atoms with Crippen molar-refractivity contribution in [2.45, 2.75) is 45.3 Å². The summed E-state index contributed by atoms with van der Waals surface area (Å²) in [6, 6.07) is 6.87. The van der Waals surface area contributed by atoms with Gasteiger partial charge in [0.15, 0.2) is 0 Å². The average molecular weight is 338 g/mol. The van der Waals surface area contributed by atoms with Crippen LogP contribution in [0, 0.1) is 11.7 Å². The zero-order chi connectivity index (χ0) is 17.0. The fraction of sp³-hybridized carbons (Fsp3) is 0.611. The number of likely N-dealkylation sites (tertiary alicyclic amines) is 1. The van der Waals surface area contributed by atoms with Crippen LogP contribution in [0.5, 0.6) is 0 Å². The first-order valence-electron chi connectivity index (χ1n) is 8.23. The van der Waals surface area contributed by atoms with Crippen molar-refractivity contribution in [3.63, 3.8) is 0 Å². The lowest BCUT2D eigenvalue weighted by molar-refractivity contribution is -0.127. The maximum Gasteiger partial charge on any atom is 0.224 e. The largest absolute Gasteiger partial charge is 0.337 e. The second-order valence-corrected chi connectivity index (χ2v) is 7.89. The molecule has 0 spiro atoms. The molecule has 0 saturated carbocycles. The lowest BCUT2D eigenvalue weighted by Crippen LogP contribution is -2.41. The van der Waals surface area contributed by atoms with Gasteiger partial charge in [-0.25, -0.2) is 4.39 Å². The van der Waals surface area contributed by atoms with Crippen LogP contribution in [0.2, 0.25) is 0 Å². The van der Waals surface area contributed by atoms with E-state index in [0.29, 0.717) is 18.4 Å². The Bertz CT molecular complexity index is 520. The lowest BCUT2D eigenvalue weighted by atomic mass is 9.99. The van der Waals surface area contributed by atoms with Gasteiger partial charge in [0.1, 0.15) is 5.82 Å². The van der Waals surface area contributed by atoms with E-state index in [1.807, 2.05) is 18.8 Å². The summed E-state index contributed by atoms with van der Waals surface area (Å²) in [6.45, 7) is 6.61. The third-order valence-corrected chi connectivity index (χ3v) is 5.75. The Kier molecular flexibility index (Phi) is 6.48. The number of carbonyl (C=O) groups is 1. The van der Waals surface area contributed by atoms with Crippen molar-refractivity contribution >= 4 is 17.7 Å². The van der Waals surface area contributed by atoms with Crippen LogP contribution < -0.4 is 5.32 Å². The molecule has 1 aliphatic rings. The van der Waals surface area contributed by atoms with Gasteiger partial charge in [-0.2, -0.15) is 11.8 Å². The molecule has 0 aliphatic carbocycles. The summed E-state index contributed by atoms with van der Waals surface area (Å²) in [6.07, 6.45) is 0.498. The second-order valence-electron chi connectivity index (χ2n) is 6.81. The molecule has 23 heavy (non-hydrogen) atoms. The molecule has 0 radical (unpaired) electrons. The van der Waals surface area contributed by atoms with Gasteiger partial charge < -0.3 is 10.2 Å². The summed E-state index contributed by atoms with van der Waals surface area (Å²) in [5, 5.41) is 3.60. The summed E-state index contributed by atoms with van der Waals surface area (Å²) in [4.78, 5) is 13.9. The summed E-state index contributed by atoms with van der Waals surface area (Å²) < 4.78 is 13.2. The normalized spacial score (nSPS) is 22.9. The molecule has 2 rings (SSSR count). The molecule has 1 saturated heterocycles. The number of hydrogen-bond acceptors (Lipinski definition) is 3. The smallest absolute Gasteiger partial charge is 0.224 e. The van der Waals surface area contributed by atoms with Crippen LogP contribution in [-0.4, -0.2) is 41.4 Å². The fourth-order valence-electron chi connectivity index (χ4n) is 3.03. The van der Waals surface area contributed by atoms with Crippen LogP contribution in [0.4, 0.5) is 4.39 Å². The summed E-state index contributed by atoms with van der Waals surface area (Å²) in [5.41, 5.74) is 0.985. The van der Waals surface area contributed by atoms with Gasteiger partial charge in [0.25, 0.3) is 0 Å². The number of likely N-dealkylation sites (N-methyl/N-ethyl adjacent to an activating group) is 1. The molecule has 5 heteroatoms. The Morgan fingerprint density at radius 3 is 2.52 bits per heavy atom. The molecule has 0 aromatic heterocycles. The molecular weight excluding hydrogens is 311 g/mol. The van der Waals surface area contributed by atoms with E-state index < -0.39 is 0 Å². The van der Waals surface area contributed by atoms with E-state index >= 15 is 0 Å². The number of nitrogens with one attached hydrogen (secondary N) is 1. The number of amides is 1. The number of carbonyl (C=O) groups excluding carboxylic acids is 1. The van der Waals surface area contributed by atoms with Gasteiger partial charge in [0.05, 0.1) is 6.04 Å². The fourth-order valence-corrected chi connectivity index (χ4v) is 4.09. The summed E-state index contributed by atoms with van der Waals surface area (Å²) in [5.74, 6) is 2.76. The summed E-state index contributed by atoms with van der Waals surface area (Å²) >= 11 is 1.94.